The Hall–Kier alpha value is -2.86. The molecule has 29 heavy (non-hydrogen) atoms. The molecule has 2 aromatic rings. The first-order chi connectivity index (χ1) is 14.1. The van der Waals surface area contributed by atoms with Gasteiger partial charge in [-0.05, 0) is 37.1 Å². The highest BCUT2D eigenvalue weighted by atomic mass is 16.5. The van der Waals surface area contributed by atoms with Crippen molar-refractivity contribution < 1.29 is 14.3 Å². The molecule has 6 nitrogen and oxygen atoms in total. The van der Waals surface area contributed by atoms with Gasteiger partial charge in [0.15, 0.2) is 0 Å². The molecule has 4 rings (SSSR count). The predicted molar refractivity (Wildman–Crippen MR) is 112 cm³/mol. The minimum Gasteiger partial charge on any atom is -0.378 e. The summed E-state index contributed by atoms with van der Waals surface area (Å²) in [7, 11) is 0. The summed E-state index contributed by atoms with van der Waals surface area (Å²) in [6.45, 7) is 6.43. The van der Waals surface area contributed by atoms with Crippen LogP contribution in [0.1, 0.15) is 27.9 Å². The SMILES string of the molecule is Cc1cccc(CN2CCCN(c3cccc(C(=O)N4CCOCC4)c3)C2=O)c1. The van der Waals surface area contributed by atoms with Crippen molar-refractivity contribution in [3.8, 4) is 0 Å². The van der Waals surface area contributed by atoms with E-state index in [1.54, 1.807) is 4.90 Å². The van der Waals surface area contributed by atoms with Gasteiger partial charge in [0.25, 0.3) is 5.91 Å². The van der Waals surface area contributed by atoms with Gasteiger partial charge in [-0.25, -0.2) is 4.79 Å². The van der Waals surface area contributed by atoms with E-state index in [2.05, 4.69) is 25.1 Å². The number of benzene rings is 2. The highest BCUT2D eigenvalue weighted by Gasteiger charge is 2.28. The zero-order chi connectivity index (χ0) is 20.2. The van der Waals surface area contributed by atoms with Crippen LogP contribution in [0.3, 0.4) is 0 Å². The van der Waals surface area contributed by atoms with Gasteiger partial charge in [-0.2, -0.15) is 0 Å². The Morgan fingerprint density at radius 3 is 2.59 bits per heavy atom. The van der Waals surface area contributed by atoms with Crippen molar-refractivity contribution >= 4 is 17.6 Å². The van der Waals surface area contributed by atoms with Crippen LogP contribution in [0, 0.1) is 6.92 Å². The smallest absolute Gasteiger partial charge is 0.324 e. The maximum Gasteiger partial charge on any atom is 0.324 e. The number of carbonyl (C=O) groups is 2. The first-order valence-corrected chi connectivity index (χ1v) is 10.2. The number of hydrogen-bond donors (Lipinski definition) is 0. The number of carbonyl (C=O) groups excluding carboxylic acids is 2. The maximum atomic E-state index is 13.1. The zero-order valence-corrected chi connectivity index (χ0v) is 16.8. The molecular weight excluding hydrogens is 366 g/mol. The summed E-state index contributed by atoms with van der Waals surface area (Å²) < 4.78 is 5.33. The number of nitrogens with zero attached hydrogens (tertiary/aromatic N) is 3. The number of aryl methyl sites for hydroxylation is 1. The molecule has 6 heteroatoms. The molecule has 2 fully saturated rings. The molecule has 0 unspecified atom stereocenters. The summed E-state index contributed by atoms with van der Waals surface area (Å²) in [6, 6.07) is 15.7. The van der Waals surface area contributed by atoms with Crippen molar-refractivity contribution in [1.82, 2.24) is 9.80 Å². The number of amides is 3. The second-order valence-corrected chi connectivity index (χ2v) is 7.65. The zero-order valence-electron chi connectivity index (χ0n) is 16.8. The summed E-state index contributed by atoms with van der Waals surface area (Å²) in [5, 5.41) is 0. The molecular formula is C23H27N3O3. The van der Waals surface area contributed by atoms with Crippen molar-refractivity contribution in [2.45, 2.75) is 19.9 Å². The molecule has 2 heterocycles. The third-order valence-corrected chi connectivity index (χ3v) is 5.47. The fourth-order valence-corrected chi connectivity index (χ4v) is 3.95. The van der Waals surface area contributed by atoms with Crippen LogP contribution in [0.5, 0.6) is 0 Å². The molecule has 152 valence electrons. The van der Waals surface area contributed by atoms with Crippen LogP contribution in [0.15, 0.2) is 48.5 Å². The molecule has 0 bridgehead atoms. The first-order valence-electron chi connectivity index (χ1n) is 10.2. The molecule has 0 atom stereocenters. The highest BCUT2D eigenvalue weighted by molar-refractivity contribution is 5.98. The summed E-state index contributed by atoms with van der Waals surface area (Å²) in [4.78, 5) is 31.4. The molecule has 0 saturated carbocycles. The van der Waals surface area contributed by atoms with Gasteiger partial charge < -0.3 is 14.5 Å². The van der Waals surface area contributed by atoms with E-state index in [1.165, 1.54) is 5.56 Å². The van der Waals surface area contributed by atoms with E-state index in [4.69, 9.17) is 4.74 Å². The van der Waals surface area contributed by atoms with Gasteiger partial charge in [0.1, 0.15) is 0 Å². The fourth-order valence-electron chi connectivity index (χ4n) is 3.95. The molecule has 3 amide bonds. The standard InChI is InChI=1S/C23H27N3O3/c1-18-5-2-6-19(15-18)17-25-9-4-10-26(23(25)28)21-8-3-7-20(16-21)22(27)24-11-13-29-14-12-24/h2-3,5-8,15-16H,4,9-14,17H2,1H3. The van der Waals surface area contributed by atoms with E-state index in [0.29, 0.717) is 45.0 Å². The predicted octanol–water partition coefficient (Wildman–Crippen LogP) is 3.30. The van der Waals surface area contributed by atoms with Crippen molar-refractivity contribution in [2.24, 2.45) is 0 Å². The molecule has 0 radical (unpaired) electrons. The average molecular weight is 393 g/mol. The summed E-state index contributed by atoms with van der Waals surface area (Å²) >= 11 is 0. The van der Waals surface area contributed by atoms with E-state index in [-0.39, 0.29) is 11.9 Å². The van der Waals surface area contributed by atoms with Crippen molar-refractivity contribution in [3.63, 3.8) is 0 Å². The highest BCUT2D eigenvalue weighted by Crippen LogP contribution is 2.23. The Kier molecular flexibility index (Phi) is 5.81. The molecule has 2 saturated heterocycles. The van der Waals surface area contributed by atoms with Gasteiger partial charge in [0, 0.05) is 44.0 Å². The van der Waals surface area contributed by atoms with Crippen LogP contribution in [0.25, 0.3) is 0 Å². The molecule has 2 aromatic carbocycles. The Morgan fingerprint density at radius 2 is 1.79 bits per heavy atom. The van der Waals surface area contributed by atoms with E-state index >= 15 is 0 Å². The average Bonchev–Trinajstić information content (AvgIpc) is 2.75. The third-order valence-electron chi connectivity index (χ3n) is 5.47. The maximum absolute atomic E-state index is 13.1. The number of hydrogen-bond acceptors (Lipinski definition) is 3. The minimum atomic E-state index is -0.00581. The molecule has 0 aliphatic carbocycles. The summed E-state index contributed by atoms with van der Waals surface area (Å²) in [5.74, 6) is -0.00350. The molecule has 0 spiro atoms. The van der Waals surface area contributed by atoms with E-state index < -0.39 is 0 Å². The van der Waals surface area contributed by atoms with Crippen LogP contribution in [0.2, 0.25) is 0 Å². The van der Waals surface area contributed by atoms with Crippen molar-refractivity contribution in [3.05, 3.63) is 65.2 Å². The van der Waals surface area contributed by atoms with Crippen molar-refractivity contribution in [2.75, 3.05) is 44.3 Å². The number of rotatable bonds is 4. The first kappa shape index (κ1) is 19.5. The number of ether oxygens (including phenoxy) is 1. The lowest BCUT2D eigenvalue weighted by Crippen LogP contribution is -2.49. The number of anilines is 1. The molecule has 2 aliphatic rings. The normalized spacial score (nSPS) is 17.6. The van der Waals surface area contributed by atoms with Crippen molar-refractivity contribution in [1.29, 1.82) is 0 Å². The van der Waals surface area contributed by atoms with Gasteiger partial charge in [0.05, 0.1) is 13.2 Å². The Labute approximate surface area is 171 Å². The van der Waals surface area contributed by atoms with Crippen LogP contribution in [0.4, 0.5) is 10.5 Å². The quantitative estimate of drug-likeness (QED) is 0.801. The number of morpholine rings is 1. The number of urea groups is 1. The minimum absolute atomic E-state index is 0.00350. The van der Waals surface area contributed by atoms with Gasteiger partial charge in [0.2, 0.25) is 0 Å². The van der Waals surface area contributed by atoms with Crippen LogP contribution in [-0.2, 0) is 11.3 Å². The van der Waals surface area contributed by atoms with E-state index in [9.17, 15) is 9.59 Å². The van der Waals surface area contributed by atoms with Gasteiger partial charge in [-0.15, -0.1) is 0 Å². The Balaban J connectivity index is 1.50. The lowest BCUT2D eigenvalue weighted by Gasteiger charge is -2.36. The van der Waals surface area contributed by atoms with Crippen LogP contribution >= 0.6 is 0 Å². The van der Waals surface area contributed by atoms with E-state index in [0.717, 1.165) is 24.2 Å². The Morgan fingerprint density at radius 1 is 1.00 bits per heavy atom. The van der Waals surface area contributed by atoms with Gasteiger partial charge in [-0.3, -0.25) is 9.69 Å². The molecule has 2 aliphatic heterocycles. The molecule has 0 aromatic heterocycles. The lowest BCUT2D eigenvalue weighted by molar-refractivity contribution is 0.0303. The second-order valence-electron chi connectivity index (χ2n) is 7.65. The van der Waals surface area contributed by atoms with Gasteiger partial charge >= 0.3 is 6.03 Å². The Bertz CT molecular complexity index is 892. The third kappa shape index (κ3) is 4.43. The molecule has 0 N–H and O–H groups in total. The van der Waals surface area contributed by atoms with Crippen LogP contribution < -0.4 is 4.90 Å². The monoisotopic (exact) mass is 393 g/mol. The van der Waals surface area contributed by atoms with Gasteiger partial charge in [-0.1, -0.05) is 35.9 Å². The largest absolute Gasteiger partial charge is 0.378 e. The van der Waals surface area contributed by atoms with Crippen LogP contribution in [-0.4, -0.2) is 61.1 Å². The van der Waals surface area contributed by atoms with E-state index in [1.807, 2.05) is 40.1 Å². The summed E-state index contributed by atoms with van der Waals surface area (Å²) in [5.41, 5.74) is 3.73. The second kappa shape index (κ2) is 8.66. The summed E-state index contributed by atoms with van der Waals surface area (Å²) in [6.07, 6.45) is 0.902. The lowest BCUT2D eigenvalue weighted by atomic mass is 10.1. The fraction of sp³-hybridized carbons (Fsp3) is 0.391. The topological polar surface area (TPSA) is 53.1 Å².